The predicted octanol–water partition coefficient (Wildman–Crippen LogP) is 5.17. The van der Waals surface area contributed by atoms with E-state index in [1.807, 2.05) is 0 Å². The van der Waals surface area contributed by atoms with Crippen LogP contribution in [0.1, 0.15) is 39.5 Å². The van der Waals surface area contributed by atoms with Crippen LogP contribution in [0.25, 0.3) is 0 Å². The Labute approximate surface area is 119 Å². The van der Waals surface area contributed by atoms with E-state index in [0.29, 0.717) is 34.0 Å². The van der Waals surface area contributed by atoms with E-state index in [4.69, 9.17) is 33.7 Å². The Morgan fingerprint density at radius 3 is 2.33 bits per heavy atom. The molecule has 102 valence electrons. The van der Waals surface area contributed by atoms with Crippen LogP contribution in [0.3, 0.4) is 0 Å². The van der Waals surface area contributed by atoms with Crippen LogP contribution in [0.2, 0.25) is 10.0 Å². The van der Waals surface area contributed by atoms with E-state index in [0.717, 1.165) is 6.42 Å². The number of nitrogens with two attached hydrogens (primary N) is 1. The van der Waals surface area contributed by atoms with Crippen molar-refractivity contribution in [3.63, 3.8) is 0 Å². The molecule has 2 nitrogen and oxygen atoms in total. The van der Waals surface area contributed by atoms with E-state index in [-0.39, 0.29) is 0 Å². The van der Waals surface area contributed by atoms with Gasteiger partial charge in [0.05, 0.1) is 16.7 Å². The highest BCUT2D eigenvalue weighted by Gasteiger charge is 2.12. The van der Waals surface area contributed by atoms with Gasteiger partial charge < -0.3 is 10.5 Å². The number of unbranched alkanes of at least 4 members (excludes halogenated alkanes) is 1. The third-order valence-corrected chi connectivity index (χ3v) is 3.59. The number of anilines is 1. The second-order valence-electron chi connectivity index (χ2n) is 4.54. The van der Waals surface area contributed by atoms with Crippen LogP contribution in [-0.4, -0.2) is 6.61 Å². The molecule has 4 heteroatoms. The summed E-state index contributed by atoms with van der Waals surface area (Å²) in [4.78, 5) is 0. The molecule has 0 saturated carbocycles. The zero-order valence-corrected chi connectivity index (χ0v) is 12.5. The summed E-state index contributed by atoms with van der Waals surface area (Å²) < 4.78 is 5.75. The van der Waals surface area contributed by atoms with Crippen LogP contribution in [-0.2, 0) is 0 Å². The van der Waals surface area contributed by atoms with E-state index < -0.39 is 0 Å². The maximum absolute atomic E-state index is 6.08. The zero-order valence-electron chi connectivity index (χ0n) is 11.0. The smallest absolute Gasteiger partial charge is 0.156 e. The van der Waals surface area contributed by atoms with Gasteiger partial charge in [-0.15, -0.1) is 0 Å². The Morgan fingerprint density at radius 1 is 1.22 bits per heavy atom. The minimum Gasteiger partial charge on any atom is -0.490 e. The molecular weight excluding hydrogens is 269 g/mol. The largest absolute Gasteiger partial charge is 0.490 e. The fourth-order valence-electron chi connectivity index (χ4n) is 1.82. The molecular formula is C14H21Cl2NO. The maximum Gasteiger partial charge on any atom is 0.156 e. The molecule has 0 fully saturated rings. The van der Waals surface area contributed by atoms with Crippen molar-refractivity contribution in [1.82, 2.24) is 0 Å². The molecule has 0 aliphatic heterocycles. The first-order chi connectivity index (χ1) is 8.58. The van der Waals surface area contributed by atoms with Crippen molar-refractivity contribution in [3.05, 3.63) is 22.2 Å². The minimum absolute atomic E-state index is 0.477. The van der Waals surface area contributed by atoms with E-state index in [2.05, 4.69) is 13.8 Å². The average Bonchev–Trinajstić information content (AvgIpc) is 2.31. The summed E-state index contributed by atoms with van der Waals surface area (Å²) in [6.45, 7) is 5.02. The van der Waals surface area contributed by atoms with Crippen molar-refractivity contribution in [3.8, 4) is 5.75 Å². The number of nitrogen functional groups attached to an aromatic ring is 1. The highest BCUT2D eigenvalue weighted by atomic mass is 35.5. The molecule has 0 bridgehead atoms. The highest BCUT2D eigenvalue weighted by Crippen LogP contribution is 2.35. The van der Waals surface area contributed by atoms with Crippen molar-refractivity contribution in [2.24, 2.45) is 5.92 Å². The van der Waals surface area contributed by atoms with Gasteiger partial charge >= 0.3 is 0 Å². The Morgan fingerprint density at radius 2 is 1.83 bits per heavy atom. The van der Waals surface area contributed by atoms with Crippen LogP contribution in [0, 0.1) is 5.92 Å². The normalized spacial score (nSPS) is 12.4. The maximum atomic E-state index is 6.08. The molecule has 0 saturated heterocycles. The van der Waals surface area contributed by atoms with Gasteiger partial charge in [0.25, 0.3) is 0 Å². The Balaban J connectivity index is 2.62. The molecule has 18 heavy (non-hydrogen) atoms. The van der Waals surface area contributed by atoms with Crippen molar-refractivity contribution >= 4 is 28.9 Å². The number of benzene rings is 1. The molecule has 0 spiro atoms. The monoisotopic (exact) mass is 289 g/mol. The molecule has 0 amide bonds. The predicted molar refractivity (Wildman–Crippen MR) is 79.7 cm³/mol. The first-order valence-corrected chi connectivity index (χ1v) is 7.21. The number of ether oxygens (including phenoxy) is 1. The highest BCUT2D eigenvalue weighted by molar-refractivity contribution is 6.37. The van der Waals surface area contributed by atoms with Crippen LogP contribution in [0.4, 0.5) is 5.69 Å². The standard InChI is InChI=1S/C14H21Cl2NO/c1-3-5-6-10(4-2)9-18-14-12(15)7-11(17)8-13(14)16/h7-8,10H,3-6,9,17H2,1-2H3. The third kappa shape index (κ3) is 4.58. The van der Waals surface area contributed by atoms with Crippen molar-refractivity contribution in [1.29, 1.82) is 0 Å². The fraction of sp³-hybridized carbons (Fsp3) is 0.571. The lowest BCUT2D eigenvalue weighted by Gasteiger charge is -2.17. The lowest BCUT2D eigenvalue weighted by molar-refractivity contribution is 0.233. The second-order valence-corrected chi connectivity index (χ2v) is 5.36. The van der Waals surface area contributed by atoms with Gasteiger partial charge in [-0.3, -0.25) is 0 Å². The molecule has 1 aromatic carbocycles. The summed E-state index contributed by atoms with van der Waals surface area (Å²) in [6, 6.07) is 3.32. The Hall–Kier alpha value is -0.600. The van der Waals surface area contributed by atoms with Gasteiger partial charge in [0.2, 0.25) is 0 Å². The van der Waals surface area contributed by atoms with E-state index >= 15 is 0 Å². The van der Waals surface area contributed by atoms with Gasteiger partial charge in [-0.1, -0.05) is 56.3 Å². The van der Waals surface area contributed by atoms with Gasteiger partial charge in [-0.2, -0.15) is 0 Å². The molecule has 1 unspecified atom stereocenters. The van der Waals surface area contributed by atoms with Gasteiger partial charge in [0.1, 0.15) is 0 Å². The van der Waals surface area contributed by atoms with Gasteiger partial charge in [0.15, 0.2) is 5.75 Å². The number of halogens is 2. The molecule has 0 heterocycles. The first-order valence-electron chi connectivity index (χ1n) is 6.45. The second kappa shape index (κ2) is 7.75. The summed E-state index contributed by atoms with van der Waals surface area (Å²) in [5, 5.41) is 0.954. The average molecular weight is 290 g/mol. The van der Waals surface area contributed by atoms with Crippen molar-refractivity contribution in [2.45, 2.75) is 39.5 Å². The summed E-state index contributed by atoms with van der Waals surface area (Å²) in [6.07, 6.45) is 4.71. The van der Waals surface area contributed by atoms with E-state index in [1.54, 1.807) is 12.1 Å². The lowest BCUT2D eigenvalue weighted by atomic mass is 10.0. The van der Waals surface area contributed by atoms with Crippen molar-refractivity contribution in [2.75, 3.05) is 12.3 Å². The topological polar surface area (TPSA) is 35.2 Å². The molecule has 0 radical (unpaired) electrons. The Bertz CT molecular complexity index is 359. The van der Waals surface area contributed by atoms with E-state index in [1.165, 1.54) is 19.3 Å². The van der Waals surface area contributed by atoms with Gasteiger partial charge in [0, 0.05) is 5.69 Å². The minimum atomic E-state index is 0.477. The number of hydrogen-bond acceptors (Lipinski definition) is 2. The fourth-order valence-corrected chi connectivity index (χ4v) is 2.43. The molecule has 1 rings (SSSR count). The van der Waals surface area contributed by atoms with Crippen LogP contribution in [0.5, 0.6) is 5.75 Å². The van der Waals surface area contributed by atoms with Crippen LogP contribution >= 0.6 is 23.2 Å². The van der Waals surface area contributed by atoms with Crippen LogP contribution in [0.15, 0.2) is 12.1 Å². The third-order valence-electron chi connectivity index (χ3n) is 3.03. The Kier molecular flexibility index (Phi) is 6.66. The van der Waals surface area contributed by atoms with Gasteiger partial charge in [-0.25, -0.2) is 0 Å². The summed E-state index contributed by atoms with van der Waals surface area (Å²) in [5.41, 5.74) is 6.20. The van der Waals surface area contributed by atoms with E-state index in [9.17, 15) is 0 Å². The number of hydrogen-bond donors (Lipinski definition) is 1. The molecule has 0 aliphatic rings. The molecule has 0 aliphatic carbocycles. The molecule has 0 aromatic heterocycles. The lowest BCUT2D eigenvalue weighted by Crippen LogP contribution is -2.11. The zero-order chi connectivity index (χ0) is 13.5. The summed E-state index contributed by atoms with van der Waals surface area (Å²) in [5.74, 6) is 1.09. The summed E-state index contributed by atoms with van der Waals surface area (Å²) >= 11 is 12.2. The van der Waals surface area contributed by atoms with Gasteiger partial charge in [-0.05, 0) is 24.5 Å². The van der Waals surface area contributed by atoms with Crippen molar-refractivity contribution < 1.29 is 4.74 Å². The SMILES string of the molecule is CCCCC(CC)COc1c(Cl)cc(N)cc1Cl. The quantitative estimate of drug-likeness (QED) is 0.703. The number of rotatable bonds is 7. The van der Waals surface area contributed by atoms with Crippen LogP contribution < -0.4 is 10.5 Å². The molecule has 1 atom stereocenters. The summed E-state index contributed by atoms with van der Waals surface area (Å²) in [7, 11) is 0. The first kappa shape index (κ1) is 15.5. The molecule has 1 aromatic rings. The molecule has 2 N–H and O–H groups in total.